The van der Waals surface area contributed by atoms with Crippen molar-refractivity contribution in [2.24, 2.45) is 0 Å². The van der Waals surface area contributed by atoms with Crippen LogP contribution >= 0.6 is 11.6 Å². The minimum Gasteiger partial charge on any atom is -0.337 e. The van der Waals surface area contributed by atoms with Gasteiger partial charge in [0.15, 0.2) is 5.82 Å². The zero-order valence-corrected chi connectivity index (χ0v) is 14.6. The molecule has 0 spiro atoms. The molecule has 1 atom stereocenters. The summed E-state index contributed by atoms with van der Waals surface area (Å²) < 4.78 is 6.76. The van der Waals surface area contributed by atoms with Crippen molar-refractivity contribution in [2.45, 2.75) is 31.7 Å². The Morgan fingerprint density at radius 3 is 2.96 bits per heavy atom. The number of benzene rings is 1. The van der Waals surface area contributed by atoms with Crippen molar-refractivity contribution in [2.75, 3.05) is 5.32 Å². The average Bonchev–Trinajstić information content (AvgIpc) is 3.11. The number of hydrogen-bond donors (Lipinski definition) is 2. The fourth-order valence-electron chi connectivity index (χ4n) is 2.46. The Kier molecular flexibility index (Phi) is 4.29. The van der Waals surface area contributed by atoms with Gasteiger partial charge in [0.25, 0.3) is 0 Å². The van der Waals surface area contributed by atoms with Gasteiger partial charge in [-0.05, 0) is 38.0 Å². The Morgan fingerprint density at radius 1 is 1.42 bits per heavy atom. The topological polar surface area (TPSA) is 111 Å². The molecule has 10 heteroatoms. The van der Waals surface area contributed by atoms with Gasteiger partial charge in [0.1, 0.15) is 18.7 Å². The van der Waals surface area contributed by atoms with Crippen molar-refractivity contribution in [3.8, 4) is 5.69 Å². The van der Waals surface area contributed by atoms with E-state index in [-0.39, 0.29) is 0 Å². The number of aromatic nitrogens is 5. The van der Waals surface area contributed by atoms with Crippen molar-refractivity contribution in [3.63, 3.8) is 0 Å². The zero-order valence-electron chi connectivity index (χ0n) is 13.9. The summed E-state index contributed by atoms with van der Waals surface area (Å²) in [6.45, 7) is 1.78. The van der Waals surface area contributed by atoms with Crippen LogP contribution in [0.2, 0.25) is 5.02 Å². The maximum absolute atomic E-state index is 12.2. The van der Waals surface area contributed by atoms with Crippen LogP contribution in [-0.4, -0.2) is 30.9 Å². The Morgan fingerprint density at radius 2 is 2.27 bits per heavy atom. The van der Waals surface area contributed by atoms with E-state index in [1.807, 2.05) is 0 Å². The molecular formula is C16H16ClN7O2. The second kappa shape index (κ2) is 6.75. The Balaban J connectivity index is 1.38. The van der Waals surface area contributed by atoms with E-state index in [2.05, 4.69) is 30.9 Å². The molecule has 3 aromatic rings. The third-order valence-electron chi connectivity index (χ3n) is 3.99. The van der Waals surface area contributed by atoms with E-state index >= 15 is 0 Å². The second-order valence-corrected chi connectivity index (χ2v) is 6.50. The van der Waals surface area contributed by atoms with E-state index in [1.54, 1.807) is 36.1 Å². The Bertz CT molecular complexity index is 921. The fourth-order valence-corrected chi connectivity index (χ4v) is 2.73. The normalized spacial score (nSPS) is 14.8. The van der Waals surface area contributed by atoms with Crippen LogP contribution in [-0.2, 0) is 0 Å². The number of amides is 2. The summed E-state index contributed by atoms with van der Waals surface area (Å²) in [6, 6.07) is 4.31. The van der Waals surface area contributed by atoms with Gasteiger partial charge in [0, 0.05) is 11.6 Å². The summed E-state index contributed by atoms with van der Waals surface area (Å²) in [4.78, 5) is 20.4. The Labute approximate surface area is 153 Å². The molecule has 0 bridgehead atoms. The number of rotatable bonds is 5. The van der Waals surface area contributed by atoms with Crippen LogP contribution in [0.3, 0.4) is 0 Å². The van der Waals surface area contributed by atoms with Crippen LogP contribution in [0.4, 0.5) is 10.5 Å². The van der Waals surface area contributed by atoms with Gasteiger partial charge in [0.05, 0.1) is 10.7 Å². The predicted octanol–water partition coefficient (Wildman–Crippen LogP) is 3.06. The monoisotopic (exact) mass is 373 g/mol. The van der Waals surface area contributed by atoms with E-state index in [4.69, 9.17) is 16.1 Å². The molecule has 134 valence electrons. The molecule has 4 rings (SSSR count). The van der Waals surface area contributed by atoms with E-state index in [1.165, 1.54) is 6.33 Å². The molecule has 0 aliphatic heterocycles. The van der Waals surface area contributed by atoms with E-state index in [9.17, 15) is 4.79 Å². The van der Waals surface area contributed by atoms with Crippen molar-refractivity contribution < 1.29 is 9.32 Å². The highest BCUT2D eigenvalue weighted by Crippen LogP contribution is 2.38. The minimum absolute atomic E-state index is 0.390. The number of carbonyl (C=O) groups excluding carboxylic acids is 1. The van der Waals surface area contributed by atoms with Crippen molar-refractivity contribution in [1.29, 1.82) is 0 Å². The summed E-state index contributed by atoms with van der Waals surface area (Å²) in [5.41, 5.74) is 1.22. The van der Waals surface area contributed by atoms with Crippen LogP contribution in [0.1, 0.15) is 43.4 Å². The number of nitrogens with zero attached hydrogens (tertiary/aromatic N) is 5. The molecule has 9 nitrogen and oxygen atoms in total. The zero-order chi connectivity index (χ0) is 18.1. The van der Waals surface area contributed by atoms with E-state index in [0.29, 0.717) is 34.0 Å². The highest BCUT2D eigenvalue weighted by molar-refractivity contribution is 6.32. The summed E-state index contributed by atoms with van der Waals surface area (Å²) in [5, 5.41) is 13.9. The third-order valence-corrected chi connectivity index (χ3v) is 4.29. The van der Waals surface area contributed by atoms with Gasteiger partial charge in [-0.3, -0.25) is 0 Å². The van der Waals surface area contributed by atoms with Gasteiger partial charge in [-0.25, -0.2) is 14.5 Å². The molecule has 1 fully saturated rings. The molecule has 2 heterocycles. The molecule has 1 aliphatic rings. The van der Waals surface area contributed by atoms with Crippen LogP contribution in [0.5, 0.6) is 0 Å². The molecule has 1 aromatic carbocycles. The van der Waals surface area contributed by atoms with Crippen LogP contribution in [0.15, 0.2) is 35.4 Å². The smallest absolute Gasteiger partial charge is 0.319 e. The highest BCUT2D eigenvalue weighted by atomic mass is 35.5. The number of carbonyl (C=O) groups is 1. The van der Waals surface area contributed by atoms with Gasteiger partial charge in [-0.15, -0.1) is 0 Å². The molecule has 26 heavy (non-hydrogen) atoms. The highest BCUT2D eigenvalue weighted by Gasteiger charge is 2.29. The van der Waals surface area contributed by atoms with Gasteiger partial charge >= 0.3 is 6.03 Å². The lowest BCUT2D eigenvalue weighted by atomic mass is 10.3. The van der Waals surface area contributed by atoms with E-state index in [0.717, 1.165) is 12.8 Å². The van der Waals surface area contributed by atoms with Gasteiger partial charge < -0.3 is 15.2 Å². The molecule has 0 unspecified atom stereocenters. The lowest BCUT2D eigenvalue weighted by molar-refractivity contribution is 0.245. The first-order chi connectivity index (χ1) is 12.6. The van der Waals surface area contributed by atoms with Crippen molar-refractivity contribution in [3.05, 3.63) is 47.6 Å². The molecule has 2 amide bonds. The molecule has 0 saturated heterocycles. The van der Waals surface area contributed by atoms with Crippen LogP contribution in [0.25, 0.3) is 5.69 Å². The third kappa shape index (κ3) is 3.52. The van der Waals surface area contributed by atoms with Crippen LogP contribution < -0.4 is 10.6 Å². The SMILES string of the molecule is C[C@@H](NC(=O)Nc1ccc(-n2cncn2)c(Cl)c1)c1nc(C2CC2)no1. The predicted molar refractivity (Wildman–Crippen MR) is 93.2 cm³/mol. The first-order valence-electron chi connectivity index (χ1n) is 8.15. The molecule has 2 aromatic heterocycles. The number of urea groups is 1. The molecule has 1 aliphatic carbocycles. The summed E-state index contributed by atoms with van der Waals surface area (Å²) in [6.07, 6.45) is 5.14. The number of nitrogens with one attached hydrogen (secondary N) is 2. The summed E-state index contributed by atoms with van der Waals surface area (Å²) >= 11 is 6.25. The molecule has 1 saturated carbocycles. The Hall–Kier alpha value is -2.94. The summed E-state index contributed by atoms with van der Waals surface area (Å²) in [5.74, 6) is 1.50. The maximum atomic E-state index is 12.2. The summed E-state index contributed by atoms with van der Waals surface area (Å²) in [7, 11) is 0. The number of halogens is 1. The quantitative estimate of drug-likeness (QED) is 0.711. The van der Waals surface area contributed by atoms with Gasteiger partial charge in [0.2, 0.25) is 5.89 Å². The first kappa shape index (κ1) is 16.5. The van der Waals surface area contributed by atoms with Crippen molar-refractivity contribution >= 4 is 23.3 Å². The van der Waals surface area contributed by atoms with E-state index < -0.39 is 12.1 Å². The lowest BCUT2D eigenvalue weighted by Crippen LogP contribution is -2.31. The lowest BCUT2D eigenvalue weighted by Gasteiger charge is -2.12. The first-order valence-corrected chi connectivity index (χ1v) is 8.53. The maximum Gasteiger partial charge on any atom is 0.319 e. The van der Waals surface area contributed by atoms with Gasteiger partial charge in [-0.2, -0.15) is 10.1 Å². The molecule has 2 N–H and O–H groups in total. The molecule has 0 radical (unpaired) electrons. The van der Waals surface area contributed by atoms with Crippen LogP contribution in [0, 0.1) is 0 Å². The van der Waals surface area contributed by atoms with Gasteiger partial charge in [-0.1, -0.05) is 16.8 Å². The minimum atomic E-state index is -0.403. The number of hydrogen-bond acceptors (Lipinski definition) is 6. The largest absolute Gasteiger partial charge is 0.337 e. The number of anilines is 1. The average molecular weight is 374 g/mol. The van der Waals surface area contributed by atoms with Crippen molar-refractivity contribution in [1.82, 2.24) is 30.2 Å². The second-order valence-electron chi connectivity index (χ2n) is 6.09. The fraction of sp³-hybridized carbons (Fsp3) is 0.312. The standard InChI is InChI=1S/C16H16ClN7O2/c1-9(15-22-14(23-26-15)10-2-3-10)20-16(25)21-11-4-5-13(12(17)6-11)24-8-18-7-19-24/h4-10H,2-3H2,1H3,(H2,20,21,25)/t9-/m1/s1. The molecular weight excluding hydrogens is 358 g/mol.